The summed E-state index contributed by atoms with van der Waals surface area (Å²) < 4.78 is 59.6. The van der Waals surface area contributed by atoms with Crippen LogP contribution < -0.4 is 14.2 Å². The van der Waals surface area contributed by atoms with Crippen molar-refractivity contribution in [2.45, 2.75) is 70.4 Å². The van der Waals surface area contributed by atoms with E-state index in [0.29, 0.717) is 18.8 Å². The van der Waals surface area contributed by atoms with Crippen molar-refractivity contribution in [3.8, 4) is 17.2 Å². The van der Waals surface area contributed by atoms with Gasteiger partial charge in [0.15, 0.2) is 0 Å². The quantitative estimate of drug-likeness (QED) is 0.339. The fourth-order valence-electron chi connectivity index (χ4n) is 4.96. The van der Waals surface area contributed by atoms with E-state index in [0.717, 1.165) is 50.2 Å². The molecule has 2 aromatic carbocycles. The maximum atomic E-state index is 12.8. The van der Waals surface area contributed by atoms with Crippen molar-refractivity contribution in [3.63, 3.8) is 0 Å². The van der Waals surface area contributed by atoms with E-state index in [1.807, 2.05) is 32.9 Å². The monoisotopic (exact) mass is 555 g/mol. The second-order valence-electron chi connectivity index (χ2n) is 10.8. The van der Waals surface area contributed by atoms with E-state index in [9.17, 15) is 18.0 Å². The minimum Gasteiger partial charge on any atom is -0.492 e. The Kier molecular flexibility index (Phi) is 8.37. The number of ether oxygens (including phenoxy) is 4. The van der Waals surface area contributed by atoms with Gasteiger partial charge in [0.25, 0.3) is 0 Å². The molecule has 1 saturated heterocycles. The first-order valence-electron chi connectivity index (χ1n) is 12.7. The van der Waals surface area contributed by atoms with Crippen LogP contribution in [0.1, 0.15) is 57.6 Å². The molecule has 10 heteroatoms. The number of alkyl halides is 3. The highest BCUT2D eigenvalue weighted by molar-refractivity contribution is 6.31. The molecule has 0 atom stereocenters. The number of fused-ring (bicyclic) bond motifs is 2. The van der Waals surface area contributed by atoms with Crippen molar-refractivity contribution in [2.75, 3.05) is 26.2 Å². The molecule has 208 valence electrons. The Hall–Kier alpha value is -2.65. The molecule has 0 aromatic heterocycles. The largest absolute Gasteiger partial charge is 0.573 e. The van der Waals surface area contributed by atoms with Crippen LogP contribution in [0.15, 0.2) is 36.4 Å². The average Bonchev–Trinajstić information content (AvgIpc) is 3.15. The minimum absolute atomic E-state index is 0.0774. The smallest absolute Gasteiger partial charge is 0.492 e. The van der Waals surface area contributed by atoms with Crippen molar-refractivity contribution < 1.29 is 36.9 Å². The third-order valence-corrected chi connectivity index (χ3v) is 7.16. The molecule has 6 nitrogen and oxygen atoms in total. The van der Waals surface area contributed by atoms with Crippen molar-refractivity contribution in [1.82, 2.24) is 4.90 Å². The molecule has 0 bridgehead atoms. The number of benzene rings is 2. The molecule has 0 amide bonds. The van der Waals surface area contributed by atoms with Gasteiger partial charge in [-0.15, -0.1) is 13.2 Å². The lowest BCUT2D eigenvalue weighted by Gasteiger charge is -2.38. The van der Waals surface area contributed by atoms with Crippen molar-refractivity contribution in [3.05, 3.63) is 52.5 Å². The molecule has 0 aliphatic carbocycles. The van der Waals surface area contributed by atoms with Crippen molar-refractivity contribution >= 4 is 17.6 Å². The third kappa shape index (κ3) is 7.26. The SMILES string of the molecule is CC(C)(C)OC(=O)CCCN1CCC2(CC1)COc1cc(OCc3c(Cl)cccc3OC(F)(F)F)ccc12. The van der Waals surface area contributed by atoms with Crippen LogP contribution in [0.4, 0.5) is 13.2 Å². The van der Waals surface area contributed by atoms with Crippen LogP contribution in [0.2, 0.25) is 5.02 Å². The first-order chi connectivity index (χ1) is 17.8. The molecule has 0 saturated carbocycles. The highest BCUT2D eigenvalue weighted by Gasteiger charge is 2.43. The summed E-state index contributed by atoms with van der Waals surface area (Å²) in [6, 6.07) is 9.65. The van der Waals surface area contributed by atoms with Crippen LogP contribution >= 0.6 is 11.6 Å². The first kappa shape index (κ1) is 28.4. The molecule has 0 N–H and O–H groups in total. The number of nitrogens with zero attached hydrogens (tertiary/aromatic N) is 1. The number of piperidine rings is 1. The summed E-state index contributed by atoms with van der Waals surface area (Å²) in [6.07, 6.45) is -1.79. The van der Waals surface area contributed by atoms with Gasteiger partial charge in [0.05, 0.1) is 17.2 Å². The number of carbonyl (C=O) groups is 1. The second-order valence-corrected chi connectivity index (χ2v) is 11.2. The van der Waals surface area contributed by atoms with Gasteiger partial charge in [0.2, 0.25) is 0 Å². The summed E-state index contributed by atoms with van der Waals surface area (Å²) in [5.74, 6) is 0.644. The molecular formula is C28H33ClF3NO5. The zero-order valence-corrected chi connectivity index (χ0v) is 22.6. The molecule has 0 radical (unpaired) electrons. The van der Waals surface area contributed by atoms with Crippen LogP contribution in [0.3, 0.4) is 0 Å². The zero-order valence-electron chi connectivity index (χ0n) is 21.8. The standard InChI is InChI=1S/C28H33ClF3NO5/c1-26(2,3)38-25(34)8-5-13-33-14-11-27(12-15-33)18-36-24-16-19(9-10-21(24)27)35-17-20-22(29)6-4-7-23(20)37-28(30,31)32/h4,6-7,9-10,16H,5,8,11-15,17-18H2,1-3H3. The van der Waals surface area contributed by atoms with Gasteiger partial charge in [-0.05, 0) is 77.9 Å². The number of rotatable bonds is 8. The van der Waals surface area contributed by atoms with E-state index < -0.39 is 12.0 Å². The van der Waals surface area contributed by atoms with Crippen LogP contribution in [-0.2, 0) is 21.6 Å². The molecule has 2 aromatic rings. The van der Waals surface area contributed by atoms with E-state index in [2.05, 4.69) is 9.64 Å². The third-order valence-electron chi connectivity index (χ3n) is 6.80. The van der Waals surface area contributed by atoms with Gasteiger partial charge >= 0.3 is 12.3 Å². The Morgan fingerprint density at radius 1 is 1.13 bits per heavy atom. The summed E-state index contributed by atoms with van der Waals surface area (Å²) in [4.78, 5) is 14.3. The highest BCUT2D eigenvalue weighted by Crippen LogP contribution is 2.47. The fourth-order valence-corrected chi connectivity index (χ4v) is 5.18. The van der Waals surface area contributed by atoms with Gasteiger partial charge in [-0.1, -0.05) is 23.7 Å². The van der Waals surface area contributed by atoms with E-state index in [4.69, 9.17) is 25.8 Å². The van der Waals surface area contributed by atoms with E-state index in [-0.39, 0.29) is 34.3 Å². The van der Waals surface area contributed by atoms with E-state index in [1.54, 1.807) is 6.07 Å². The zero-order chi connectivity index (χ0) is 27.6. The average molecular weight is 556 g/mol. The lowest BCUT2D eigenvalue weighted by molar-refractivity contribution is -0.275. The van der Waals surface area contributed by atoms with Gasteiger partial charge in [0.1, 0.15) is 29.5 Å². The van der Waals surface area contributed by atoms with Crippen LogP contribution in [0.25, 0.3) is 0 Å². The molecular weight excluding hydrogens is 523 g/mol. The molecule has 2 aliphatic rings. The number of halogens is 4. The summed E-state index contributed by atoms with van der Waals surface area (Å²) in [6.45, 7) is 8.65. The summed E-state index contributed by atoms with van der Waals surface area (Å²) >= 11 is 6.12. The van der Waals surface area contributed by atoms with Gasteiger partial charge in [0, 0.05) is 23.5 Å². The van der Waals surface area contributed by atoms with Gasteiger partial charge in [-0.25, -0.2) is 0 Å². The predicted octanol–water partition coefficient (Wildman–Crippen LogP) is 6.67. The Balaban J connectivity index is 1.32. The Morgan fingerprint density at radius 2 is 1.87 bits per heavy atom. The molecule has 4 rings (SSSR count). The molecule has 1 fully saturated rings. The summed E-state index contributed by atoms with van der Waals surface area (Å²) in [7, 11) is 0. The fraction of sp³-hybridized carbons (Fsp3) is 0.536. The predicted molar refractivity (Wildman–Crippen MR) is 137 cm³/mol. The highest BCUT2D eigenvalue weighted by atomic mass is 35.5. The normalized spacial score (nSPS) is 17.1. The molecule has 2 heterocycles. The van der Waals surface area contributed by atoms with Crippen molar-refractivity contribution in [2.24, 2.45) is 0 Å². The molecule has 1 spiro atoms. The Labute approximate surface area is 225 Å². The lowest BCUT2D eigenvalue weighted by Crippen LogP contribution is -2.44. The topological polar surface area (TPSA) is 57.2 Å². The van der Waals surface area contributed by atoms with Crippen LogP contribution in [0.5, 0.6) is 17.2 Å². The van der Waals surface area contributed by atoms with Crippen LogP contribution in [-0.4, -0.2) is 49.1 Å². The van der Waals surface area contributed by atoms with Gasteiger partial charge < -0.3 is 23.8 Å². The summed E-state index contributed by atoms with van der Waals surface area (Å²) in [5.41, 5.74) is 0.695. The molecule has 0 unspecified atom stereocenters. The summed E-state index contributed by atoms with van der Waals surface area (Å²) in [5, 5.41) is 0.126. The van der Waals surface area contributed by atoms with Crippen molar-refractivity contribution in [1.29, 1.82) is 0 Å². The number of likely N-dealkylation sites (tertiary alicyclic amines) is 1. The molecule has 2 aliphatic heterocycles. The second kappa shape index (κ2) is 11.2. The Bertz CT molecular complexity index is 1140. The van der Waals surface area contributed by atoms with E-state index >= 15 is 0 Å². The van der Waals surface area contributed by atoms with Gasteiger partial charge in [-0.3, -0.25) is 4.79 Å². The van der Waals surface area contributed by atoms with Crippen LogP contribution in [0, 0.1) is 0 Å². The number of hydrogen-bond acceptors (Lipinski definition) is 6. The lowest BCUT2D eigenvalue weighted by atomic mass is 9.74. The number of hydrogen-bond donors (Lipinski definition) is 0. The number of esters is 1. The maximum Gasteiger partial charge on any atom is 0.573 e. The first-order valence-corrected chi connectivity index (χ1v) is 13.1. The Morgan fingerprint density at radius 3 is 2.55 bits per heavy atom. The number of carbonyl (C=O) groups excluding carboxylic acids is 1. The minimum atomic E-state index is -4.83. The van der Waals surface area contributed by atoms with E-state index in [1.165, 1.54) is 18.2 Å². The molecule has 38 heavy (non-hydrogen) atoms. The van der Waals surface area contributed by atoms with Gasteiger partial charge in [-0.2, -0.15) is 0 Å². The maximum absolute atomic E-state index is 12.8.